The third-order valence-electron chi connectivity index (χ3n) is 1.59. The van der Waals surface area contributed by atoms with Crippen LogP contribution in [0.2, 0.25) is 0 Å². The van der Waals surface area contributed by atoms with Gasteiger partial charge in [0, 0.05) is 0 Å². The SMILES string of the molecule is [Cl][Pt]([Cl])([Cl])[Cl].[NH2-].[c-]1ccc2ccccc2c1. The maximum atomic E-state index is 5.01. The van der Waals surface area contributed by atoms with E-state index in [0.717, 1.165) is 0 Å². The van der Waals surface area contributed by atoms with Crippen LogP contribution in [0.15, 0.2) is 42.5 Å². The number of rotatable bonds is 0. The van der Waals surface area contributed by atoms with Crippen LogP contribution in [-0.4, -0.2) is 0 Å². The minimum Gasteiger partial charge on any atom is -0.693 e. The van der Waals surface area contributed by atoms with Gasteiger partial charge in [-0.05, 0) is 0 Å². The van der Waals surface area contributed by atoms with E-state index < -0.39 is 11.9 Å². The summed E-state index contributed by atoms with van der Waals surface area (Å²) in [5.41, 5.74) is 0. The number of nitrogens with two attached hydrogens (primary N) is 1. The summed E-state index contributed by atoms with van der Waals surface area (Å²) in [7, 11) is 20.0. The summed E-state index contributed by atoms with van der Waals surface area (Å²) >= 11 is -3.06. The first-order valence-electron chi connectivity index (χ1n) is 3.79. The van der Waals surface area contributed by atoms with Crippen molar-refractivity contribution in [2.75, 3.05) is 0 Å². The molecule has 2 aromatic carbocycles. The molecule has 0 radical (unpaired) electrons. The van der Waals surface area contributed by atoms with Gasteiger partial charge in [-0.2, -0.15) is 24.3 Å². The topological polar surface area (TPSA) is 33.5 Å². The van der Waals surface area contributed by atoms with Crippen molar-refractivity contribution in [3.63, 3.8) is 0 Å². The maximum absolute atomic E-state index is 5.01. The quantitative estimate of drug-likeness (QED) is 0.408. The molecule has 0 fully saturated rings. The summed E-state index contributed by atoms with van der Waals surface area (Å²) in [4.78, 5) is 0. The second-order valence-corrected chi connectivity index (χ2v) is 22.2. The first-order chi connectivity index (χ1) is 6.97. The fourth-order valence-electron chi connectivity index (χ4n) is 1.07. The van der Waals surface area contributed by atoms with E-state index in [1.54, 1.807) is 0 Å². The van der Waals surface area contributed by atoms with E-state index in [0.29, 0.717) is 0 Å². The smallest absolute Gasteiger partial charge is 0.0648 e. The van der Waals surface area contributed by atoms with E-state index in [9.17, 15) is 0 Å². The predicted octanol–water partition coefficient (Wildman–Crippen LogP) is 6.11. The molecule has 0 aliphatic rings. The van der Waals surface area contributed by atoms with Gasteiger partial charge in [0.15, 0.2) is 0 Å². The molecular formula is C10H9Cl4NPt-2. The summed E-state index contributed by atoms with van der Waals surface area (Å²) in [6, 6.07) is 17.3. The Balaban J connectivity index is 0.000000330. The van der Waals surface area contributed by atoms with E-state index in [4.69, 9.17) is 37.7 Å². The van der Waals surface area contributed by atoms with Crippen LogP contribution in [0.4, 0.5) is 0 Å². The van der Waals surface area contributed by atoms with Crippen LogP contribution in [0.5, 0.6) is 0 Å². The Morgan fingerprint density at radius 3 is 1.88 bits per heavy atom. The van der Waals surface area contributed by atoms with Crippen molar-refractivity contribution in [1.29, 1.82) is 0 Å². The minimum atomic E-state index is -3.06. The Morgan fingerprint density at radius 1 is 0.875 bits per heavy atom. The van der Waals surface area contributed by atoms with Crippen LogP contribution in [0.1, 0.15) is 0 Å². The van der Waals surface area contributed by atoms with Crippen molar-refractivity contribution in [2.45, 2.75) is 0 Å². The Bertz CT molecular complexity index is 359. The zero-order valence-corrected chi connectivity index (χ0v) is 13.2. The molecule has 2 N–H and O–H groups in total. The molecular weight excluding hydrogens is 471 g/mol. The van der Waals surface area contributed by atoms with Crippen LogP contribution in [-0.2, 0) is 11.9 Å². The fourth-order valence-corrected chi connectivity index (χ4v) is 1.07. The summed E-state index contributed by atoms with van der Waals surface area (Å²) in [5, 5.41) is 2.53. The fraction of sp³-hybridized carbons (Fsp3) is 0. The van der Waals surface area contributed by atoms with E-state index in [1.807, 2.05) is 24.3 Å². The van der Waals surface area contributed by atoms with Crippen molar-refractivity contribution < 1.29 is 11.9 Å². The standard InChI is InChI=1S/C10H7.4ClH.H2N.Pt/c1-2-6-10-8-4-3-7-9(10)5-1;;;;;;/h1-3,5-8H;4*1H;1H2;/q-1;;;;;-1;+4/p-4. The first-order valence-corrected chi connectivity index (χ1v) is 15.1. The third-order valence-corrected chi connectivity index (χ3v) is 1.59. The molecule has 16 heavy (non-hydrogen) atoms. The Morgan fingerprint density at radius 2 is 1.38 bits per heavy atom. The zero-order valence-electron chi connectivity index (χ0n) is 7.95. The number of benzene rings is 2. The molecule has 0 aliphatic carbocycles. The molecule has 0 heterocycles. The molecule has 0 saturated heterocycles. The van der Waals surface area contributed by atoms with Gasteiger partial charge in [0.25, 0.3) is 0 Å². The minimum absolute atomic E-state index is 0. The normalized spacial score (nSPS) is 11.0. The summed E-state index contributed by atoms with van der Waals surface area (Å²) < 4.78 is 0. The van der Waals surface area contributed by atoms with Crippen LogP contribution >= 0.6 is 37.7 Å². The molecule has 0 atom stereocenters. The molecule has 0 saturated carbocycles. The van der Waals surface area contributed by atoms with Gasteiger partial charge in [0.1, 0.15) is 0 Å². The Hall–Kier alpha value is 0.508. The average molecular weight is 480 g/mol. The summed E-state index contributed by atoms with van der Waals surface area (Å²) in [6.07, 6.45) is 0. The van der Waals surface area contributed by atoms with E-state index in [2.05, 4.69) is 24.3 Å². The molecule has 2 rings (SSSR count). The van der Waals surface area contributed by atoms with Crippen molar-refractivity contribution in [3.8, 4) is 0 Å². The first kappa shape index (κ1) is 16.5. The van der Waals surface area contributed by atoms with E-state index >= 15 is 0 Å². The summed E-state index contributed by atoms with van der Waals surface area (Å²) in [6.45, 7) is 0. The van der Waals surface area contributed by atoms with Gasteiger partial charge in [-0.25, -0.2) is 0 Å². The van der Waals surface area contributed by atoms with Crippen molar-refractivity contribution in [2.24, 2.45) is 0 Å². The number of halogens is 4. The van der Waals surface area contributed by atoms with E-state index in [1.165, 1.54) is 10.8 Å². The largest absolute Gasteiger partial charge is 0.693 e. The van der Waals surface area contributed by atoms with Gasteiger partial charge >= 0.3 is 49.6 Å². The number of fused-ring (bicyclic) bond motifs is 1. The van der Waals surface area contributed by atoms with Gasteiger partial charge in [0.05, 0.1) is 0 Å². The molecule has 0 aromatic heterocycles. The molecule has 0 bridgehead atoms. The van der Waals surface area contributed by atoms with Gasteiger partial charge in [-0.1, -0.05) is 18.2 Å². The van der Waals surface area contributed by atoms with Gasteiger partial charge < -0.3 is 6.15 Å². The molecule has 1 nitrogen and oxygen atoms in total. The van der Waals surface area contributed by atoms with Crippen molar-refractivity contribution in [1.82, 2.24) is 0 Å². The predicted molar refractivity (Wildman–Crippen MR) is 71.5 cm³/mol. The second-order valence-electron chi connectivity index (χ2n) is 2.54. The average Bonchev–Trinajstić information content (AvgIpc) is 2.16. The van der Waals surface area contributed by atoms with E-state index in [-0.39, 0.29) is 6.15 Å². The molecule has 6 heteroatoms. The van der Waals surface area contributed by atoms with Crippen LogP contribution < -0.4 is 0 Å². The number of hydrogen-bond donors (Lipinski definition) is 0. The molecule has 0 spiro atoms. The molecule has 0 amide bonds. The zero-order chi connectivity index (χ0) is 11.3. The van der Waals surface area contributed by atoms with Crippen LogP contribution in [0.3, 0.4) is 0 Å². The van der Waals surface area contributed by atoms with Crippen LogP contribution in [0.25, 0.3) is 16.9 Å². The van der Waals surface area contributed by atoms with Gasteiger partial charge in [-0.15, -0.1) is 16.8 Å². The third kappa shape index (κ3) is 7.73. The molecule has 94 valence electrons. The summed E-state index contributed by atoms with van der Waals surface area (Å²) in [5.74, 6) is 0. The van der Waals surface area contributed by atoms with Gasteiger partial charge in [-0.3, -0.25) is 0 Å². The van der Waals surface area contributed by atoms with Crippen LogP contribution in [0, 0.1) is 6.07 Å². The number of hydrogen-bond acceptors (Lipinski definition) is 0. The maximum Gasteiger partial charge on any atom is -0.0648 e. The van der Waals surface area contributed by atoms with Crippen molar-refractivity contribution in [3.05, 3.63) is 54.7 Å². The molecule has 2 aromatic rings. The monoisotopic (exact) mass is 478 g/mol. The Kier molecular flexibility index (Phi) is 8.01. The Labute approximate surface area is 114 Å². The molecule has 0 unspecified atom stereocenters. The van der Waals surface area contributed by atoms with Gasteiger partial charge in [0.2, 0.25) is 0 Å². The van der Waals surface area contributed by atoms with Crippen molar-refractivity contribution >= 4 is 48.4 Å². The molecule has 0 aliphatic heterocycles. The second kappa shape index (κ2) is 7.76.